The number of carbonyl (C=O) groups excluding carboxylic acids is 1. The zero-order valence-corrected chi connectivity index (χ0v) is 15.3. The first-order valence-corrected chi connectivity index (χ1v) is 8.89. The molecule has 1 amide bonds. The molecule has 3 rings (SSSR count). The largest absolute Gasteiger partial charge is 0.347 e. The maximum atomic E-state index is 12.4. The summed E-state index contributed by atoms with van der Waals surface area (Å²) in [4.78, 5) is 21.5. The van der Waals surface area contributed by atoms with Gasteiger partial charge in [-0.3, -0.25) is 4.79 Å². The molecule has 3 aromatic rings. The Morgan fingerprint density at radius 1 is 1.07 bits per heavy atom. The van der Waals surface area contributed by atoms with E-state index in [-0.39, 0.29) is 5.91 Å². The second-order valence-electron chi connectivity index (χ2n) is 5.96. The zero-order valence-electron chi connectivity index (χ0n) is 15.3. The van der Waals surface area contributed by atoms with E-state index in [0.29, 0.717) is 23.9 Å². The number of aromatic nitrogens is 2. The molecule has 0 unspecified atom stereocenters. The summed E-state index contributed by atoms with van der Waals surface area (Å²) in [6, 6.07) is 19.3. The number of anilines is 2. The summed E-state index contributed by atoms with van der Waals surface area (Å²) < 4.78 is 0. The first-order chi connectivity index (χ1) is 13.2. The monoisotopic (exact) mass is 358 g/mol. The molecule has 0 aliphatic carbocycles. The van der Waals surface area contributed by atoms with E-state index in [4.69, 9.17) is 0 Å². The molecule has 0 bridgehead atoms. The van der Waals surface area contributed by atoms with E-state index in [1.807, 2.05) is 48.5 Å². The molecule has 0 saturated heterocycles. The van der Waals surface area contributed by atoms with E-state index in [9.17, 15) is 4.79 Å². The van der Waals surface area contributed by atoms with Crippen LogP contribution in [0.1, 0.15) is 23.0 Å². The van der Waals surface area contributed by atoms with Crippen LogP contribution in [0.5, 0.6) is 0 Å². The van der Waals surface area contributed by atoms with Crippen LogP contribution >= 0.6 is 0 Å². The van der Waals surface area contributed by atoms with Gasteiger partial charge in [0.05, 0.1) is 0 Å². The fourth-order valence-corrected chi connectivity index (χ4v) is 2.69. The Morgan fingerprint density at radius 2 is 1.81 bits per heavy atom. The smallest absolute Gasteiger partial charge is 0.270 e. The second kappa shape index (κ2) is 8.76. The highest BCUT2D eigenvalue weighted by atomic mass is 16.1. The van der Waals surface area contributed by atoms with Crippen molar-refractivity contribution in [2.75, 3.05) is 11.9 Å². The first kappa shape index (κ1) is 18.3. The zero-order chi connectivity index (χ0) is 19.1. The van der Waals surface area contributed by atoms with Gasteiger partial charge < -0.3 is 10.6 Å². The Hall–Kier alpha value is -3.47. The number of amides is 1. The molecule has 136 valence electrons. The van der Waals surface area contributed by atoms with E-state index in [0.717, 1.165) is 17.7 Å². The summed E-state index contributed by atoms with van der Waals surface area (Å²) in [5.41, 5.74) is 3.30. The molecule has 27 heavy (non-hydrogen) atoms. The minimum absolute atomic E-state index is 0.263. The number of rotatable bonds is 7. The lowest BCUT2D eigenvalue weighted by molar-refractivity contribution is 0.0953. The van der Waals surface area contributed by atoms with Crippen molar-refractivity contribution in [1.82, 2.24) is 15.3 Å². The second-order valence-corrected chi connectivity index (χ2v) is 5.96. The van der Waals surface area contributed by atoms with Crippen LogP contribution < -0.4 is 10.6 Å². The van der Waals surface area contributed by atoms with Gasteiger partial charge in [-0.1, -0.05) is 61.5 Å². The highest BCUT2D eigenvalue weighted by Crippen LogP contribution is 2.23. The van der Waals surface area contributed by atoms with E-state index in [1.54, 1.807) is 12.1 Å². The number of nitrogens with one attached hydrogen (secondary N) is 2. The lowest BCUT2D eigenvalue weighted by atomic mass is 10.1. The highest BCUT2D eigenvalue weighted by molar-refractivity contribution is 5.93. The van der Waals surface area contributed by atoms with Crippen LogP contribution in [-0.4, -0.2) is 22.4 Å². The number of nitrogens with zero attached hydrogens (tertiary/aromatic N) is 2. The minimum Gasteiger partial charge on any atom is -0.347 e. The molecular weight excluding hydrogens is 336 g/mol. The average molecular weight is 358 g/mol. The van der Waals surface area contributed by atoms with E-state index in [2.05, 4.69) is 40.2 Å². The van der Waals surface area contributed by atoms with Gasteiger partial charge in [0, 0.05) is 23.9 Å². The van der Waals surface area contributed by atoms with Gasteiger partial charge in [-0.15, -0.1) is 6.58 Å². The fourth-order valence-electron chi connectivity index (χ4n) is 2.69. The van der Waals surface area contributed by atoms with Gasteiger partial charge in [0.15, 0.2) is 5.82 Å². The molecule has 0 fully saturated rings. The predicted molar refractivity (Wildman–Crippen MR) is 109 cm³/mol. The van der Waals surface area contributed by atoms with Gasteiger partial charge in [0.25, 0.3) is 5.91 Å². The maximum absolute atomic E-state index is 12.4. The Labute approximate surface area is 159 Å². The number of hydrogen-bond donors (Lipinski definition) is 2. The molecule has 0 spiro atoms. The van der Waals surface area contributed by atoms with Crippen molar-refractivity contribution < 1.29 is 4.79 Å². The van der Waals surface area contributed by atoms with Crippen LogP contribution in [0, 0.1) is 0 Å². The van der Waals surface area contributed by atoms with Crippen LogP contribution in [0.2, 0.25) is 0 Å². The number of aryl methyl sites for hydroxylation is 1. The number of hydrogen-bond acceptors (Lipinski definition) is 4. The quantitative estimate of drug-likeness (QED) is 0.616. The molecule has 5 nitrogen and oxygen atoms in total. The minimum atomic E-state index is -0.263. The molecule has 0 atom stereocenters. The van der Waals surface area contributed by atoms with E-state index >= 15 is 0 Å². The molecule has 0 aliphatic heterocycles. The molecule has 2 aromatic carbocycles. The summed E-state index contributed by atoms with van der Waals surface area (Å²) in [6.07, 6.45) is 2.53. The van der Waals surface area contributed by atoms with Crippen LogP contribution in [0.3, 0.4) is 0 Å². The maximum Gasteiger partial charge on any atom is 0.270 e. The third-order valence-electron chi connectivity index (χ3n) is 4.06. The lowest BCUT2D eigenvalue weighted by Crippen LogP contribution is -2.24. The number of para-hydroxylation sites is 1. The fraction of sp³-hybridized carbons (Fsp3) is 0.136. The highest BCUT2D eigenvalue weighted by Gasteiger charge is 2.13. The molecule has 1 aromatic heterocycles. The van der Waals surface area contributed by atoms with Gasteiger partial charge in [-0.25, -0.2) is 9.97 Å². The molecule has 5 heteroatoms. The van der Waals surface area contributed by atoms with Crippen LogP contribution in [0.4, 0.5) is 11.5 Å². The van der Waals surface area contributed by atoms with E-state index in [1.165, 1.54) is 5.56 Å². The van der Waals surface area contributed by atoms with Crippen molar-refractivity contribution >= 4 is 17.4 Å². The Balaban J connectivity index is 2.01. The van der Waals surface area contributed by atoms with Crippen molar-refractivity contribution in [3.63, 3.8) is 0 Å². The first-order valence-electron chi connectivity index (χ1n) is 8.89. The van der Waals surface area contributed by atoms with Crippen molar-refractivity contribution in [1.29, 1.82) is 0 Å². The molecular formula is C22H22N4O. The lowest BCUT2D eigenvalue weighted by Gasteiger charge is -2.12. The van der Waals surface area contributed by atoms with Crippen molar-refractivity contribution in [2.45, 2.75) is 13.3 Å². The normalized spacial score (nSPS) is 10.3. The van der Waals surface area contributed by atoms with Gasteiger partial charge >= 0.3 is 0 Å². The van der Waals surface area contributed by atoms with Gasteiger partial charge in [-0.05, 0) is 18.1 Å². The van der Waals surface area contributed by atoms with Crippen LogP contribution in [0.15, 0.2) is 73.3 Å². The third-order valence-corrected chi connectivity index (χ3v) is 4.06. The summed E-state index contributed by atoms with van der Waals surface area (Å²) >= 11 is 0. The van der Waals surface area contributed by atoms with Gasteiger partial charge in [0.1, 0.15) is 11.5 Å². The SMILES string of the molecule is C=CCNC(=O)c1cc(Nc2ccccc2CC)nc(-c2ccccc2)n1. The molecule has 0 aliphatic rings. The van der Waals surface area contributed by atoms with Crippen LogP contribution in [-0.2, 0) is 6.42 Å². The Bertz CT molecular complexity index is 938. The topological polar surface area (TPSA) is 66.9 Å². The predicted octanol–water partition coefficient (Wildman–Crippen LogP) is 4.37. The third kappa shape index (κ3) is 4.58. The van der Waals surface area contributed by atoms with Gasteiger partial charge in [0.2, 0.25) is 0 Å². The Kier molecular flexibility index (Phi) is 5.94. The van der Waals surface area contributed by atoms with Crippen molar-refractivity contribution in [3.8, 4) is 11.4 Å². The summed E-state index contributed by atoms with van der Waals surface area (Å²) in [6.45, 7) is 6.11. The van der Waals surface area contributed by atoms with Crippen LogP contribution in [0.25, 0.3) is 11.4 Å². The van der Waals surface area contributed by atoms with E-state index < -0.39 is 0 Å². The van der Waals surface area contributed by atoms with Gasteiger partial charge in [-0.2, -0.15) is 0 Å². The summed E-state index contributed by atoms with van der Waals surface area (Å²) in [5, 5.41) is 6.10. The number of benzene rings is 2. The number of carbonyl (C=O) groups is 1. The van der Waals surface area contributed by atoms with Crippen molar-refractivity contribution in [3.05, 3.63) is 84.6 Å². The molecule has 0 radical (unpaired) electrons. The molecule has 0 saturated carbocycles. The van der Waals surface area contributed by atoms with Crippen molar-refractivity contribution in [2.24, 2.45) is 0 Å². The molecule has 1 heterocycles. The summed E-state index contributed by atoms with van der Waals surface area (Å²) in [5.74, 6) is 0.813. The summed E-state index contributed by atoms with van der Waals surface area (Å²) in [7, 11) is 0. The standard InChI is InChI=1S/C22H22N4O/c1-3-14-23-22(27)19-15-20(24-18-13-9-8-10-16(18)4-2)26-21(25-19)17-11-6-5-7-12-17/h3,5-13,15H,1,4,14H2,2H3,(H,23,27)(H,24,25,26). The molecule has 2 N–H and O–H groups in total. The Morgan fingerprint density at radius 3 is 2.56 bits per heavy atom. The average Bonchev–Trinajstić information content (AvgIpc) is 2.72.